The summed E-state index contributed by atoms with van der Waals surface area (Å²) in [5, 5.41) is 2.96. The number of nitrogens with one attached hydrogen (secondary N) is 1. The number of hydrogen-bond donors (Lipinski definition) is 1. The fourth-order valence-corrected chi connectivity index (χ4v) is 2.83. The largest absolute Gasteiger partial charge is 0.346 e. The number of amides is 1. The SMILES string of the molecule is C[C@H](NC(=O)c1ccc(F)cc1)c1ccc2c(c1)CCC2. The summed E-state index contributed by atoms with van der Waals surface area (Å²) in [6.45, 7) is 1.97. The molecule has 1 aliphatic rings. The second-order valence-corrected chi connectivity index (χ2v) is 5.58. The Kier molecular flexibility index (Phi) is 3.74. The van der Waals surface area contributed by atoms with Crippen molar-refractivity contribution >= 4 is 5.91 Å². The van der Waals surface area contributed by atoms with Crippen molar-refractivity contribution in [1.82, 2.24) is 5.32 Å². The van der Waals surface area contributed by atoms with E-state index >= 15 is 0 Å². The molecular formula is C18H18FNO. The van der Waals surface area contributed by atoms with Crippen LogP contribution in [-0.2, 0) is 12.8 Å². The second kappa shape index (κ2) is 5.68. The summed E-state index contributed by atoms with van der Waals surface area (Å²) >= 11 is 0. The second-order valence-electron chi connectivity index (χ2n) is 5.58. The number of aryl methyl sites for hydroxylation is 2. The first kappa shape index (κ1) is 13.8. The zero-order chi connectivity index (χ0) is 14.8. The maximum Gasteiger partial charge on any atom is 0.251 e. The van der Waals surface area contributed by atoms with Gasteiger partial charge in [0, 0.05) is 5.56 Å². The summed E-state index contributed by atoms with van der Waals surface area (Å²) in [5.41, 5.74) is 4.42. The van der Waals surface area contributed by atoms with Crippen LogP contribution in [0.2, 0.25) is 0 Å². The molecule has 21 heavy (non-hydrogen) atoms. The van der Waals surface area contributed by atoms with Crippen LogP contribution in [0.1, 0.15) is 46.4 Å². The molecule has 0 fully saturated rings. The Hall–Kier alpha value is -2.16. The number of carbonyl (C=O) groups is 1. The van der Waals surface area contributed by atoms with E-state index in [1.54, 1.807) is 0 Å². The molecule has 1 amide bonds. The van der Waals surface area contributed by atoms with Crippen LogP contribution in [0.3, 0.4) is 0 Å². The summed E-state index contributed by atoms with van der Waals surface area (Å²) < 4.78 is 12.9. The van der Waals surface area contributed by atoms with E-state index in [-0.39, 0.29) is 17.8 Å². The number of fused-ring (bicyclic) bond motifs is 1. The summed E-state index contributed by atoms with van der Waals surface area (Å²) in [4.78, 5) is 12.1. The van der Waals surface area contributed by atoms with Crippen LogP contribution in [0.4, 0.5) is 4.39 Å². The Morgan fingerprint density at radius 3 is 2.57 bits per heavy atom. The van der Waals surface area contributed by atoms with E-state index in [0.717, 1.165) is 18.4 Å². The third-order valence-electron chi connectivity index (χ3n) is 4.08. The average Bonchev–Trinajstić information content (AvgIpc) is 2.95. The smallest absolute Gasteiger partial charge is 0.251 e. The zero-order valence-corrected chi connectivity index (χ0v) is 12.0. The van der Waals surface area contributed by atoms with Crippen molar-refractivity contribution in [2.24, 2.45) is 0 Å². The van der Waals surface area contributed by atoms with E-state index in [1.165, 1.54) is 41.8 Å². The molecule has 0 unspecified atom stereocenters. The molecule has 1 atom stereocenters. The third-order valence-corrected chi connectivity index (χ3v) is 4.08. The van der Waals surface area contributed by atoms with Gasteiger partial charge in [-0.25, -0.2) is 4.39 Å². The lowest BCUT2D eigenvalue weighted by molar-refractivity contribution is 0.0940. The van der Waals surface area contributed by atoms with Gasteiger partial charge in [-0.3, -0.25) is 4.79 Å². The maximum absolute atomic E-state index is 12.9. The van der Waals surface area contributed by atoms with Crippen LogP contribution in [0.25, 0.3) is 0 Å². The van der Waals surface area contributed by atoms with Gasteiger partial charge in [-0.2, -0.15) is 0 Å². The molecule has 0 bridgehead atoms. The van der Waals surface area contributed by atoms with Gasteiger partial charge >= 0.3 is 0 Å². The summed E-state index contributed by atoms with van der Waals surface area (Å²) in [6, 6.07) is 12.0. The topological polar surface area (TPSA) is 29.1 Å². The van der Waals surface area contributed by atoms with Gasteiger partial charge in [0.1, 0.15) is 5.82 Å². The normalized spacial score (nSPS) is 14.6. The van der Waals surface area contributed by atoms with Crippen molar-refractivity contribution in [3.05, 3.63) is 70.5 Å². The van der Waals surface area contributed by atoms with Crippen LogP contribution >= 0.6 is 0 Å². The lowest BCUT2D eigenvalue weighted by Gasteiger charge is -2.15. The number of halogens is 1. The fourth-order valence-electron chi connectivity index (χ4n) is 2.83. The fraction of sp³-hybridized carbons (Fsp3) is 0.278. The van der Waals surface area contributed by atoms with E-state index in [9.17, 15) is 9.18 Å². The minimum Gasteiger partial charge on any atom is -0.346 e. The van der Waals surface area contributed by atoms with E-state index in [2.05, 4.69) is 23.5 Å². The summed E-state index contributed by atoms with van der Waals surface area (Å²) in [7, 11) is 0. The van der Waals surface area contributed by atoms with Gasteiger partial charge in [-0.1, -0.05) is 18.2 Å². The molecule has 108 valence electrons. The monoisotopic (exact) mass is 283 g/mol. The zero-order valence-electron chi connectivity index (χ0n) is 12.0. The number of benzene rings is 2. The van der Waals surface area contributed by atoms with Gasteiger partial charge in [0.05, 0.1) is 6.04 Å². The van der Waals surface area contributed by atoms with Crippen molar-refractivity contribution in [2.45, 2.75) is 32.2 Å². The Bertz CT molecular complexity index is 663. The van der Waals surface area contributed by atoms with Gasteiger partial charge in [-0.05, 0) is 67.1 Å². The van der Waals surface area contributed by atoms with Crippen molar-refractivity contribution in [3.63, 3.8) is 0 Å². The van der Waals surface area contributed by atoms with Crippen LogP contribution < -0.4 is 5.32 Å². The predicted octanol–water partition coefficient (Wildman–Crippen LogP) is 3.81. The highest BCUT2D eigenvalue weighted by Gasteiger charge is 2.15. The predicted molar refractivity (Wildman–Crippen MR) is 80.7 cm³/mol. The molecule has 0 saturated carbocycles. The Morgan fingerprint density at radius 1 is 1.10 bits per heavy atom. The van der Waals surface area contributed by atoms with E-state index in [1.807, 2.05) is 6.92 Å². The number of hydrogen-bond acceptors (Lipinski definition) is 1. The molecule has 2 aromatic carbocycles. The van der Waals surface area contributed by atoms with E-state index < -0.39 is 0 Å². The van der Waals surface area contributed by atoms with Crippen molar-refractivity contribution in [1.29, 1.82) is 0 Å². The summed E-state index contributed by atoms with van der Waals surface area (Å²) in [5.74, 6) is -0.513. The van der Waals surface area contributed by atoms with Crippen LogP contribution in [-0.4, -0.2) is 5.91 Å². The molecule has 0 aromatic heterocycles. The van der Waals surface area contributed by atoms with Gasteiger partial charge in [0.25, 0.3) is 5.91 Å². The first-order valence-electron chi connectivity index (χ1n) is 7.31. The molecule has 0 aliphatic heterocycles. The molecule has 0 heterocycles. The molecule has 0 saturated heterocycles. The lowest BCUT2D eigenvalue weighted by atomic mass is 10.0. The first-order valence-corrected chi connectivity index (χ1v) is 7.31. The van der Waals surface area contributed by atoms with Crippen molar-refractivity contribution < 1.29 is 9.18 Å². The van der Waals surface area contributed by atoms with Crippen molar-refractivity contribution in [2.75, 3.05) is 0 Å². The van der Waals surface area contributed by atoms with Crippen LogP contribution in [0, 0.1) is 5.82 Å². The van der Waals surface area contributed by atoms with Crippen LogP contribution in [0.5, 0.6) is 0 Å². The van der Waals surface area contributed by atoms with Crippen LogP contribution in [0.15, 0.2) is 42.5 Å². The Balaban J connectivity index is 1.72. The molecule has 2 aromatic rings. The molecule has 2 nitrogen and oxygen atoms in total. The molecule has 0 radical (unpaired) electrons. The molecule has 3 rings (SSSR count). The number of carbonyl (C=O) groups excluding carboxylic acids is 1. The molecule has 3 heteroatoms. The highest BCUT2D eigenvalue weighted by molar-refractivity contribution is 5.94. The standard InChI is InChI=1S/C18H18FNO/c1-12(15-6-5-13-3-2-4-16(13)11-15)20-18(21)14-7-9-17(19)10-8-14/h5-12H,2-4H2,1H3,(H,20,21)/t12-/m0/s1. The minimum absolute atomic E-state index is 0.0616. The van der Waals surface area contributed by atoms with Gasteiger partial charge < -0.3 is 5.32 Å². The van der Waals surface area contributed by atoms with Gasteiger partial charge in [-0.15, -0.1) is 0 Å². The quantitative estimate of drug-likeness (QED) is 0.912. The van der Waals surface area contributed by atoms with Gasteiger partial charge in [0.15, 0.2) is 0 Å². The average molecular weight is 283 g/mol. The molecule has 0 spiro atoms. The van der Waals surface area contributed by atoms with E-state index in [4.69, 9.17) is 0 Å². The molecule has 1 N–H and O–H groups in total. The highest BCUT2D eigenvalue weighted by Crippen LogP contribution is 2.25. The van der Waals surface area contributed by atoms with Crippen molar-refractivity contribution in [3.8, 4) is 0 Å². The molecular weight excluding hydrogens is 265 g/mol. The Labute approximate surface area is 124 Å². The maximum atomic E-state index is 12.9. The van der Waals surface area contributed by atoms with E-state index in [0.29, 0.717) is 5.56 Å². The third kappa shape index (κ3) is 2.97. The molecule has 1 aliphatic carbocycles. The Morgan fingerprint density at radius 2 is 1.81 bits per heavy atom. The first-order chi connectivity index (χ1) is 10.1. The minimum atomic E-state index is -0.335. The highest BCUT2D eigenvalue weighted by atomic mass is 19.1. The summed E-state index contributed by atoms with van der Waals surface area (Å²) in [6.07, 6.45) is 3.50. The lowest BCUT2D eigenvalue weighted by Crippen LogP contribution is -2.26. The van der Waals surface area contributed by atoms with Gasteiger partial charge in [0.2, 0.25) is 0 Å². The number of rotatable bonds is 3.